The van der Waals surface area contributed by atoms with E-state index in [1.54, 1.807) is 0 Å². The third kappa shape index (κ3) is 3.73. The number of thiophene rings is 1. The highest BCUT2D eigenvalue weighted by Gasteiger charge is 2.26. The molecule has 0 aliphatic heterocycles. The molecule has 0 radical (unpaired) electrons. The lowest BCUT2D eigenvalue weighted by atomic mass is 10.1. The van der Waals surface area contributed by atoms with Crippen LogP contribution in [0.15, 0.2) is 6.07 Å². The van der Waals surface area contributed by atoms with Crippen molar-refractivity contribution < 1.29 is 19.7 Å². The van der Waals surface area contributed by atoms with Crippen molar-refractivity contribution in [2.24, 2.45) is 0 Å². The van der Waals surface area contributed by atoms with Crippen LogP contribution in [0.4, 0.5) is 0 Å². The minimum Gasteiger partial charge on any atom is -0.486 e. The fraction of sp³-hybridized carbons (Fsp3) is 0.667. The molecule has 1 aliphatic carbocycles. The second-order valence-electron chi connectivity index (χ2n) is 5.32. The van der Waals surface area contributed by atoms with Crippen molar-refractivity contribution in [2.45, 2.75) is 64.1 Å². The van der Waals surface area contributed by atoms with Crippen LogP contribution in [0.3, 0.4) is 0 Å². The van der Waals surface area contributed by atoms with E-state index in [0.717, 1.165) is 49.8 Å². The molecule has 0 spiro atoms. The minimum atomic E-state index is -0.949. The number of carbonyl (C=O) groups is 1. The topological polar surface area (TPSA) is 66.8 Å². The number of hydrogen-bond acceptors (Lipinski definition) is 4. The van der Waals surface area contributed by atoms with Crippen LogP contribution < -0.4 is 4.74 Å². The third-order valence-corrected chi connectivity index (χ3v) is 4.80. The Morgan fingerprint density at radius 2 is 2.15 bits per heavy atom. The zero-order valence-corrected chi connectivity index (χ0v) is 12.6. The normalized spacial score (nSPS) is 23.3. The van der Waals surface area contributed by atoms with Gasteiger partial charge in [0.1, 0.15) is 11.9 Å². The van der Waals surface area contributed by atoms with E-state index in [2.05, 4.69) is 6.92 Å². The van der Waals surface area contributed by atoms with Gasteiger partial charge in [-0.3, -0.25) is 0 Å². The van der Waals surface area contributed by atoms with Crippen LogP contribution in [0.2, 0.25) is 0 Å². The molecule has 1 aromatic rings. The second-order valence-corrected chi connectivity index (χ2v) is 6.46. The Morgan fingerprint density at radius 1 is 1.40 bits per heavy atom. The lowest BCUT2D eigenvalue weighted by Gasteiger charge is -2.21. The second kappa shape index (κ2) is 7.09. The first-order valence-electron chi connectivity index (χ1n) is 7.32. The molecule has 1 fully saturated rings. The van der Waals surface area contributed by atoms with Gasteiger partial charge in [0.25, 0.3) is 0 Å². The zero-order valence-electron chi connectivity index (χ0n) is 11.8. The van der Waals surface area contributed by atoms with Gasteiger partial charge in [-0.1, -0.05) is 26.2 Å². The monoisotopic (exact) mass is 298 g/mol. The van der Waals surface area contributed by atoms with Gasteiger partial charge in [0.2, 0.25) is 0 Å². The molecule has 1 aromatic heterocycles. The van der Waals surface area contributed by atoms with Gasteiger partial charge in [-0.25, -0.2) is 4.79 Å². The molecule has 1 heterocycles. The van der Waals surface area contributed by atoms with Gasteiger partial charge in [0, 0.05) is 4.88 Å². The van der Waals surface area contributed by atoms with Crippen LogP contribution in [0.5, 0.6) is 5.75 Å². The Morgan fingerprint density at radius 3 is 2.85 bits per heavy atom. The summed E-state index contributed by atoms with van der Waals surface area (Å²) in [5, 5.41) is 19.3. The highest BCUT2D eigenvalue weighted by Crippen LogP contribution is 2.33. The van der Waals surface area contributed by atoms with E-state index in [4.69, 9.17) is 4.74 Å². The summed E-state index contributed by atoms with van der Waals surface area (Å²) in [7, 11) is 0. The van der Waals surface area contributed by atoms with E-state index in [0.29, 0.717) is 5.75 Å². The molecule has 2 unspecified atom stereocenters. The Balaban J connectivity index is 2.15. The maximum Gasteiger partial charge on any atom is 0.349 e. The van der Waals surface area contributed by atoms with Crippen molar-refractivity contribution in [1.29, 1.82) is 0 Å². The largest absolute Gasteiger partial charge is 0.486 e. The quantitative estimate of drug-likeness (QED) is 0.817. The van der Waals surface area contributed by atoms with E-state index in [-0.39, 0.29) is 11.0 Å². The van der Waals surface area contributed by atoms with Gasteiger partial charge in [0.05, 0.1) is 6.10 Å². The number of rotatable bonds is 5. The van der Waals surface area contributed by atoms with Gasteiger partial charge in [0.15, 0.2) is 4.88 Å². The number of aliphatic hydroxyl groups is 1. The molecule has 2 atom stereocenters. The standard InChI is InChI=1S/C15H22O4S/c1-2-6-10-9-13(14(20-10)15(17)18)19-12-8-5-3-4-7-11(12)16/h9,11-12,16H,2-8H2,1H3,(H,17,18). The summed E-state index contributed by atoms with van der Waals surface area (Å²) in [6.45, 7) is 2.07. The number of ether oxygens (including phenoxy) is 1. The molecule has 2 N–H and O–H groups in total. The Hall–Kier alpha value is -1.07. The van der Waals surface area contributed by atoms with Crippen molar-refractivity contribution in [2.75, 3.05) is 0 Å². The highest BCUT2D eigenvalue weighted by molar-refractivity contribution is 7.14. The first-order valence-corrected chi connectivity index (χ1v) is 8.14. The van der Waals surface area contributed by atoms with Crippen molar-refractivity contribution in [3.63, 3.8) is 0 Å². The van der Waals surface area contributed by atoms with Crippen LogP contribution in [0, 0.1) is 0 Å². The molecule has 0 saturated heterocycles. The predicted molar refractivity (Wildman–Crippen MR) is 78.8 cm³/mol. The zero-order chi connectivity index (χ0) is 14.5. The average molecular weight is 298 g/mol. The van der Waals surface area contributed by atoms with Crippen molar-refractivity contribution in [3.05, 3.63) is 15.8 Å². The summed E-state index contributed by atoms with van der Waals surface area (Å²) in [6.07, 6.45) is 5.74. The fourth-order valence-corrected chi connectivity index (χ4v) is 3.61. The number of carboxylic acids is 1. The van der Waals surface area contributed by atoms with E-state index < -0.39 is 12.1 Å². The Labute approximate surface area is 123 Å². The molecule has 0 amide bonds. The number of aryl methyl sites for hydroxylation is 1. The van der Waals surface area contributed by atoms with E-state index in [9.17, 15) is 15.0 Å². The SMILES string of the molecule is CCCc1cc(OC2CCCCCC2O)c(C(=O)O)s1. The van der Waals surface area contributed by atoms with Crippen LogP contribution >= 0.6 is 11.3 Å². The number of aromatic carboxylic acids is 1. The van der Waals surface area contributed by atoms with Gasteiger partial charge in [-0.2, -0.15) is 0 Å². The molecule has 4 nitrogen and oxygen atoms in total. The average Bonchev–Trinajstić information content (AvgIpc) is 2.69. The Kier molecular flexibility index (Phi) is 5.43. The van der Waals surface area contributed by atoms with Crippen LogP contribution in [-0.2, 0) is 6.42 Å². The molecule has 112 valence electrons. The third-order valence-electron chi connectivity index (χ3n) is 3.64. The van der Waals surface area contributed by atoms with Gasteiger partial charge >= 0.3 is 5.97 Å². The van der Waals surface area contributed by atoms with Crippen molar-refractivity contribution in [1.82, 2.24) is 0 Å². The summed E-state index contributed by atoms with van der Waals surface area (Å²) in [5.41, 5.74) is 0. The number of aliphatic hydroxyl groups excluding tert-OH is 1. The van der Waals surface area contributed by atoms with Gasteiger partial charge in [-0.05, 0) is 31.7 Å². The number of carboxylic acid groups (broad SMARTS) is 1. The number of hydrogen-bond donors (Lipinski definition) is 2. The lowest BCUT2D eigenvalue weighted by molar-refractivity contribution is 0.0309. The van der Waals surface area contributed by atoms with E-state index in [1.807, 2.05) is 6.07 Å². The smallest absolute Gasteiger partial charge is 0.349 e. The Bertz CT molecular complexity index is 455. The van der Waals surface area contributed by atoms with E-state index >= 15 is 0 Å². The van der Waals surface area contributed by atoms with Crippen LogP contribution in [0.25, 0.3) is 0 Å². The van der Waals surface area contributed by atoms with Crippen LogP contribution in [0.1, 0.15) is 60.0 Å². The van der Waals surface area contributed by atoms with E-state index in [1.165, 1.54) is 11.3 Å². The summed E-state index contributed by atoms with van der Waals surface area (Å²) < 4.78 is 5.85. The van der Waals surface area contributed by atoms with Crippen LogP contribution in [-0.4, -0.2) is 28.4 Å². The van der Waals surface area contributed by atoms with Gasteiger partial charge in [-0.15, -0.1) is 11.3 Å². The van der Waals surface area contributed by atoms with Gasteiger partial charge < -0.3 is 14.9 Å². The molecule has 5 heteroatoms. The fourth-order valence-electron chi connectivity index (χ4n) is 2.58. The molecule has 1 aliphatic rings. The molecule has 0 bridgehead atoms. The molecule has 2 rings (SSSR count). The molecule has 0 aromatic carbocycles. The maximum absolute atomic E-state index is 11.3. The highest BCUT2D eigenvalue weighted by atomic mass is 32.1. The lowest BCUT2D eigenvalue weighted by Crippen LogP contribution is -2.30. The van der Waals surface area contributed by atoms with Crippen molar-refractivity contribution >= 4 is 17.3 Å². The van der Waals surface area contributed by atoms with Crippen molar-refractivity contribution in [3.8, 4) is 5.75 Å². The predicted octanol–water partition coefficient (Wildman–Crippen LogP) is 3.47. The minimum absolute atomic E-state index is 0.255. The summed E-state index contributed by atoms with van der Waals surface area (Å²) in [5.74, 6) is -0.521. The summed E-state index contributed by atoms with van der Waals surface area (Å²) in [4.78, 5) is 12.6. The summed E-state index contributed by atoms with van der Waals surface area (Å²) >= 11 is 1.28. The first kappa shape index (κ1) is 15.3. The molecular formula is C15H22O4S. The maximum atomic E-state index is 11.3. The molecule has 1 saturated carbocycles. The molecular weight excluding hydrogens is 276 g/mol. The first-order chi connectivity index (χ1) is 9.61. The summed E-state index contributed by atoms with van der Waals surface area (Å²) in [6, 6.07) is 1.83. The molecule has 20 heavy (non-hydrogen) atoms.